The smallest absolute Gasteiger partial charge is 0.338 e. The van der Waals surface area contributed by atoms with Crippen LogP contribution in [0.2, 0.25) is 0 Å². The van der Waals surface area contributed by atoms with Crippen LogP contribution < -0.4 is 4.74 Å². The minimum Gasteiger partial charge on any atom is -0.486 e. The number of hydrogen-bond donors (Lipinski definition) is 1. The van der Waals surface area contributed by atoms with Crippen LogP contribution in [0.1, 0.15) is 93.0 Å². The maximum atomic E-state index is 12.5. The van der Waals surface area contributed by atoms with E-state index in [-0.39, 0.29) is 37.2 Å². The maximum Gasteiger partial charge on any atom is 0.338 e. The number of benzene rings is 3. The fourth-order valence-electron chi connectivity index (χ4n) is 4.69. The molecule has 0 atom stereocenters. The third-order valence-electron chi connectivity index (χ3n) is 7.16. The quantitative estimate of drug-likeness (QED) is 0.0995. The zero-order valence-corrected chi connectivity index (χ0v) is 24.8. The van der Waals surface area contributed by atoms with E-state index >= 15 is 0 Å². The van der Waals surface area contributed by atoms with Gasteiger partial charge in [0.15, 0.2) is 5.78 Å². The summed E-state index contributed by atoms with van der Waals surface area (Å²) >= 11 is 0. The van der Waals surface area contributed by atoms with Crippen molar-refractivity contribution in [3.8, 4) is 16.9 Å². The van der Waals surface area contributed by atoms with Crippen molar-refractivity contribution < 1.29 is 33.8 Å². The van der Waals surface area contributed by atoms with Crippen LogP contribution in [-0.4, -0.2) is 35.2 Å². The highest BCUT2D eigenvalue weighted by molar-refractivity contribution is 5.91. The number of carbonyl (C=O) groups excluding carboxylic acids is 3. The summed E-state index contributed by atoms with van der Waals surface area (Å²) in [7, 11) is 0. The van der Waals surface area contributed by atoms with Crippen molar-refractivity contribution >= 4 is 23.5 Å². The second-order valence-corrected chi connectivity index (χ2v) is 10.8. The van der Waals surface area contributed by atoms with Crippen molar-refractivity contribution in [3.05, 3.63) is 90.0 Å². The molecule has 43 heavy (non-hydrogen) atoms. The number of unbranched alkanes of at least 4 members (excludes halogenated alkanes) is 6. The molecule has 1 N–H and O–H groups in total. The molecule has 3 aromatic rings. The van der Waals surface area contributed by atoms with Gasteiger partial charge in [0.05, 0.1) is 5.56 Å². The Hall–Kier alpha value is -4.26. The van der Waals surface area contributed by atoms with Gasteiger partial charge in [0.25, 0.3) is 0 Å². The van der Waals surface area contributed by atoms with E-state index in [2.05, 4.69) is 0 Å². The average Bonchev–Trinajstić information content (AvgIpc) is 3.02. The van der Waals surface area contributed by atoms with Crippen LogP contribution in [0, 0.1) is 0 Å². The number of rotatable bonds is 21. The molecule has 0 saturated carbocycles. The standard InChI is InChI=1S/C36H42O7/c37-32(18-9-3-4-11-20-35(39)40)17-8-1-2-10-19-33(38)27-42-34-23-21-29(22-24-34)30-15-12-16-31(25-30)36(41)43-26-28-13-6-5-7-14-28/h5-7,12-16,21-25H,1-4,8-11,17-20,26-27H2,(H,39,40). The molecule has 0 unspecified atom stereocenters. The fourth-order valence-corrected chi connectivity index (χ4v) is 4.69. The first kappa shape index (κ1) is 33.2. The van der Waals surface area contributed by atoms with E-state index in [0.29, 0.717) is 37.0 Å². The van der Waals surface area contributed by atoms with Crippen molar-refractivity contribution in [2.24, 2.45) is 0 Å². The van der Waals surface area contributed by atoms with E-state index in [4.69, 9.17) is 14.6 Å². The summed E-state index contributed by atoms with van der Waals surface area (Å²) in [4.78, 5) is 47.3. The summed E-state index contributed by atoms with van der Waals surface area (Å²) in [5.74, 6) is -0.226. The first-order valence-electron chi connectivity index (χ1n) is 15.2. The number of aliphatic carboxylic acids is 1. The Balaban J connectivity index is 1.28. The van der Waals surface area contributed by atoms with Crippen molar-refractivity contribution in [3.63, 3.8) is 0 Å². The molecule has 3 rings (SSSR count). The van der Waals surface area contributed by atoms with Gasteiger partial charge in [0.2, 0.25) is 0 Å². The molecule has 0 aromatic heterocycles. The molecule has 0 spiro atoms. The van der Waals surface area contributed by atoms with Crippen LogP contribution in [0.5, 0.6) is 5.75 Å². The van der Waals surface area contributed by atoms with Crippen LogP contribution in [0.15, 0.2) is 78.9 Å². The molecule has 0 aliphatic rings. The molecule has 0 amide bonds. The van der Waals surface area contributed by atoms with E-state index in [1.165, 1.54) is 0 Å². The topological polar surface area (TPSA) is 107 Å². The predicted molar refractivity (Wildman–Crippen MR) is 166 cm³/mol. The first-order valence-corrected chi connectivity index (χ1v) is 15.2. The number of carboxylic acid groups (broad SMARTS) is 1. The lowest BCUT2D eigenvalue weighted by molar-refractivity contribution is -0.137. The van der Waals surface area contributed by atoms with Gasteiger partial charge < -0.3 is 14.6 Å². The van der Waals surface area contributed by atoms with Crippen molar-refractivity contribution in [1.82, 2.24) is 0 Å². The summed E-state index contributed by atoms with van der Waals surface area (Å²) in [6.07, 6.45) is 8.50. The summed E-state index contributed by atoms with van der Waals surface area (Å²) in [5, 5.41) is 8.62. The number of ketones is 2. The van der Waals surface area contributed by atoms with Gasteiger partial charge in [-0.2, -0.15) is 0 Å². The Morgan fingerprint density at radius 2 is 1.19 bits per heavy atom. The van der Waals surface area contributed by atoms with E-state index < -0.39 is 5.97 Å². The minimum atomic E-state index is -0.767. The van der Waals surface area contributed by atoms with Crippen LogP contribution in [0.3, 0.4) is 0 Å². The minimum absolute atomic E-state index is 0.0209. The Kier molecular flexibility index (Phi) is 14.7. The monoisotopic (exact) mass is 586 g/mol. The van der Waals surface area contributed by atoms with Gasteiger partial charge in [-0.3, -0.25) is 14.4 Å². The van der Waals surface area contributed by atoms with Gasteiger partial charge in [-0.15, -0.1) is 0 Å². The lowest BCUT2D eigenvalue weighted by Crippen LogP contribution is -2.10. The maximum absolute atomic E-state index is 12.5. The number of ether oxygens (including phenoxy) is 2. The molecule has 0 bridgehead atoms. The summed E-state index contributed by atoms with van der Waals surface area (Å²) < 4.78 is 11.1. The molecule has 0 aliphatic carbocycles. The van der Waals surface area contributed by atoms with E-state index in [1.54, 1.807) is 12.1 Å². The van der Waals surface area contributed by atoms with Gasteiger partial charge in [-0.1, -0.05) is 80.3 Å². The zero-order chi connectivity index (χ0) is 30.7. The SMILES string of the molecule is O=C(O)CCCCCCC(=O)CCCCCCC(=O)COc1ccc(-c2cccc(C(=O)OCc3ccccc3)c2)cc1. The molecule has 228 valence electrons. The zero-order valence-electron chi connectivity index (χ0n) is 24.8. The molecule has 0 heterocycles. The van der Waals surface area contributed by atoms with Crippen molar-refractivity contribution in [2.75, 3.05) is 6.61 Å². The molecular formula is C36H42O7. The normalized spacial score (nSPS) is 10.7. The average molecular weight is 587 g/mol. The third kappa shape index (κ3) is 13.5. The van der Waals surface area contributed by atoms with E-state index in [9.17, 15) is 19.2 Å². The van der Waals surface area contributed by atoms with Gasteiger partial charge in [-0.05, 0) is 66.6 Å². The Labute approximate surface area is 254 Å². The summed E-state index contributed by atoms with van der Waals surface area (Å²) in [6.45, 7) is 0.240. The van der Waals surface area contributed by atoms with E-state index in [1.807, 2.05) is 66.7 Å². The van der Waals surface area contributed by atoms with Gasteiger partial charge in [0, 0.05) is 25.7 Å². The highest BCUT2D eigenvalue weighted by Gasteiger charge is 2.10. The molecule has 0 saturated heterocycles. The molecule has 7 heteroatoms. The van der Waals surface area contributed by atoms with Crippen molar-refractivity contribution in [2.45, 2.75) is 83.7 Å². The molecule has 0 radical (unpaired) electrons. The summed E-state index contributed by atoms with van der Waals surface area (Å²) in [5.41, 5.74) is 3.21. The predicted octanol–water partition coefficient (Wildman–Crippen LogP) is 7.99. The lowest BCUT2D eigenvalue weighted by Gasteiger charge is -2.09. The van der Waals surface area contributed by atoms with Gasteiger partial charge in [0.1, 0.15) is 24.7 Å². The van der Waals surface area contributed by atoms with Crippen LogP contribution in [-0.2, 0) is 25.7 Å². The highest BCUT2D eigenvalue weighted by atomic mass is 16.5. The Morgan fingerprint density at radius 1 is 0.581 bits per heavy atom. The highest BCUT2D eigenvalue weighted by Crippen LogP contribution is 2.24. The molecule has 3 aromatic carbocycles. The molecule has 0 aliphatic heterocycles. The third-order valence-corrected chi connectivity index (χ3v) is 7.16. The number of esters is 1. The summed E-state index contributed by atoms with van der Waals surface area (Å²) in [6, 6.07) is 24.3. The second kappa shape index (κ2) is 19.0. The van der Waals surface area contributed by atoms with Gasteiger partial charge in [-0.25, -0.2) is 4.79 Å². The van der Waals surface area contributed by atoms with E-state index in [0.717, 1.165) is 61.6 Å². The Morgan fingerprint density at radius 3 is 1.81 bits per heavy atom. The number of carbonyl (C=O) groups is 4. The van der Waals surface area contributed by atoms with Crippen LogP contribution >= 0.6 is 0 Å². The van der Waals surface area contributed by atoms with Crippen LogP contribution in [0.4, 0.5) is 0 Å². The largest absolute Gasteiger partial charge is 0.486 e. The molecular weight excluding hydrogens is 544 g/mol. The van der Waals surface area contributed by atoms with Crippen LogP contribution in [0.25, 0.3) is 11.1 Å². The molecule has 0 fully saturated rings. The Bertz CT molecular complexity index is 1300. The number of carboxylic acids is 1. The fraction of sp³-hybridized carbons (Fsp3) is 0.389. The lowest BCUT2D eigenvalue weighted by atomic mass is 10.0. The first-order chi connectivity index (χ1) is 20.9. The number of Topliss-reactive ketones (excluding diaryl/α,β-unsaturated/α-hetero) is 2. The second-order valence-electron chi connectivity index (χ2n) is 10.8. The molecule has 7 nitrogen and oxygen atoms in total. The number of hydrogen-bond acceptors (Lipinski definition) is 6. The van der Waals surface area contributed by atoms with Gasteiger partial charge >= 0.3 is 11.9 Å². The van der Waals surface area contributed by atoms with Crippen molar-refractivity contribution in [1.29, 1.82) is 0 Å².